The van der Waals surface area contributed by atoms with Gasteiger partial charge in [-0.1, -0.05) is 13.8 Å². The van der Waals surface area contributed by atoms with Crippen LogP contribution in [0.4, 0.5) is 0 Å². The van der Waals surface area contributed by atoms with Crippen molar-refractivity contribution in [3.8, 4) is 0 Å². The van der Waals surface area contributed by atoms with Crippen molar-refractivity contribution in [2.24, 2.45) is 28.6 Å². The van der Waals surface area contributed by atoms with Gasteiger partial charge in [0.15, 0.2) is 0 Å². The third kappa shape index (κ3) is 1.97. The molecule has 9 atom stereocenters. The van der Waals surface area contributed by atoms with Crippen molar-refractivity contribution in [1.82, 2.24) is 0 Å². The largest absolute Gasteiger partial charge is 0.392 e. The van der Waals surface area contributed by atoms with Crippen LogP contribution in [0.15, 0.2) is 0 Å². The molecule has 0 heterocycles. The molecule has 25 heavy (non-hydrogen) atoms. The van der Waals surface area contributed by atoms with Gasteiger partial charge in [0.2, 0.25) is 0 Å². The van der Waals surface area contributed by atoms with Gasteiger partial charge in [-0.05, 0) is 69.6 Å². The van der Waals surface area contributed by atoms with Gasteiger partial charge in [0, 0.05) is 11.3 Å². The lowest BCUT2D eigenvalue weighted by atomic mass is 9.59. The number of hydrogen-bond donors (Lipinski definition) is 5. The third-order valence-electron chi connectivity index (χ3n) is 9.16. The van der Waals surface area contributed by atoms with Crippen molar-refractivity contribution in [2.45, 2.75) is 95.2 Å². The maximum atomic E-state index is 11.7. The third-order valence-corrected chi connectivity index (χ3v) is 9.16. The fourth-order valence-electron chi connectivity index (χ4n) is 7.75. The van der Waals surface area contributed by atoms with Crippen LogP contribution in [0.1, 0.15) is 66.2 Å². The molecule has 0 aromatic heterocycles. The molecule has 4 rings (SSSR count). The van der Waals surface area contributed by atoms with Gasteiger partial charge in [-0.15, -0.1) is 0 Å². The van der Waals surface area contributed by atoms with E-state index in [9.17, 15) is 25.5 Å². The second-order valence-corrected chi connectivity index (χ2v) is 10.7. The molecule has 144 valence electrons. The van der Waals surface area contributed by atoms with Crippen LogP contribution in [0.5, 0.6) is 0 Å². The summed E-state index contributed by atoms with van der Waals surface area (Å²) in [6.07, 6.45) is 1.91. The maximum Gasteiger partial charge on any atom is 0.104 e. The van der Waals surface area contributed by atoms with E-state index in [0.29, 0.717) is 19.3 Å². The summed E-state index contributed by atoms with van der Waals surface area (Å²) in [5.74, 6) is -0.468. The molecule has 1 spiro atoms. The van der Waals surface area contributed by atoms with Gasteiger partial charge in [0.05, 0.1) is 23.4 Å². The molecule has 0 saturated heterocycles. The molecule has 0 radical (unpaired) electrons. The van der Waals surface area contributed by atoms with Crippen molar-refractivity contribution in [2.75, 3.05) is 0 Å². The van der Waals surface area contributed by atoms with Gasteiger partial charge in [0.25, 0.3) is 0 Å². The Morgan fingerprint density at radius 1 is 0.800 bits per heavy atom. The summed E-state index contributed by atoms with van der Waals surface area (Å²) in [5.41, 5.74) is -4.75. The fourth-order valence-corrected chi connectivity index (χ4v) is 7.75. The number of aliphatic hydroxyl groups is 5. The highest BCUT2D eigenvalue weighted by atomic mass is 16.4. The van der Waals surface area contributed by atoms with Crippen LogP contribution in [-0.4, -0.2) is 54.5 Å². The number of aliphatic hydroxyl groups excluding tert-OH is 2. The highest BCUT2D eigenvalue weighted by Gasteiger charge is 2.74. The molecule has 0 unspecified atom stereocenters. The highest BCUT2D eigenvalue weighted by molar-refractivity contribution is 5.24. The first-order chi connectivity index (χ1) is 11.3. The van der Waals surface area contributed by atoms with Gasteiger partial charge in [-0.25, -0.2) is 0 Å². The Hall–Kier alpha value is -0.200. The molecule has 0 aliphatic heterocycles. The molecule has 0 aromatic rings. The van der Waals surface area contributed by atoms with Crippen LogP contribution in [-0.2, 0) is 0 Å². The summed E-state index contributed by atoms with van der Waals surface area (Å²) < 4.78 is 0. The zero-order valence-corrected chi connectivity index (χ0v) is 15.9. The highest BCUT2D eigenvalue weighted by Crippen LogP contribution is 2.69. The van der Waals surface area contributed by atoms with Crippen LogP contribution in [0, 0.1) is 28.6 Å². The first kappa shape index (κ1) is 18.2. The summed E-state index contributed by atoms with van der Waals surface area (Å²) in [5, 5.41) is 56.0. The lowest BCUT2D eigenvalue weighted by Crippen LogP contribution is -2.60. The van der Waals surface area contributed by atoms with Gasteiger partial charge in [0.1, 0.15) is 5.60 Å². The van der Waals surface area contributed by atoms with Gasteiger partial charge in [-0.3, -0.25) is 0 Å². The molecule has 5 nitrogen and oxygen atoms in total. The molecular weight excluding hydrogens is 320 g/mol. The summed E-state index contributed by atoms with van der Waals surface area (Å²) in [6.45, 7) is 7.24. The predicted octanol–water partition coefficient (Wildman–Crippen LogP) is 1.20. The standard InChI is InChI=1S/C20H34O5/c1-16(2)14(21)7-13-18(4,24)12-6-5-11-8-19(12,10-17(11,3)23)9-15(22)20(13,16)25/h11-15,21-25H,5-10H2,1-4H3/t11-,12+,13-,14+,15-,17-,18+,19-,20+/m1/s1. The van der Waals surface area contributed by atoms with E-state index in [2.05, 4.69) is 0 Å². The number of hydrogen-bond acceptors (Lipinski definition) is 5. The minimum absolute atomic E-state index is 0.0833. The Balaban J connectivity index is 1.86. The lowest BCUT2D eigenvalue weighted by molar-refractivity contribution is -0.200. The van der Waals surface area contributed by atoms with Crippen LogP contribution in [0.25, 0.3) is 0 Å². The normalized spacial score (nSPS) is 63.0. The molecule has 4 fully saturated rings. The van der Waals surface area contributed by atoms with E-state index in [0.717, 1.165) is 19.3 Å². The van der Waals surface area contributed by atoms with Gasteiger partial charge >= 0.3 is 0 Å². The summed E-state index contributed by atoms with van der Waals surface area (Å²) in [4.78, 5) is 0. The van der Waals surface area contributed by atoms with Gasteiger partial charge in [-0.2, -0.15) is 0 Å². The van der Waals surface area contributed by atoms with Crippen LogP contribution in [0.2, 0.25) is 0 Å². The van der Waals surface area contributed by atoms with E-state index in [1.54, 1.807) is 20.8 Å². The molecular formula is C20H34O5. The van der Waals surface area contributed by atoms with Crippen molar-refractivity contribution < 1.29 is 25.5 Å². The van der Waals surface area contributed by atoms with E-state index in [4.69, 9.17) is 0 Å². The Morgan fingerprint density at radius 2 is 1.44 bits per heavy atom. The molecule has 5 heteroatoms. The second kappa shape index (κ2) is 4.79. The topological polar surface area (TPSA) is 101 Å². The molecule has 5 N–H and O–H groups in total. The Kier molecular flexibility index (Phi) is 3.49. The maximum absolute atomic E-state index is 11.7. The molecule has 2 bridgehead atoms. The molecule has 4 aliphatic rings. The monoisotopic (exact) mass is 354 g/mol. The summed E-state index contributed by atoms with van der Waals surface area (Å²) >= 11 is 0. The second-order valence-electron chi connectivity index (χ2n) is 10.7. The first-order valence-electron chi connectivity index (χ1n) is 9.82. The van der Waals surface area contributed by atoms with Crippen molar-refractivity contribution in [3.05, 3.63) is 0 Å². The van der Waals surface area contributed by atoms with E-state index in [1.807, 2.05) is 6.92 Å². The van der Waals surface area contributed by atoms with E-state index < -0.39 is 40.3 Å². The molecule has 4 saturated carbocycles. The molecule has 0 amide bonds. The zero-order chi connectivity index (χ0) is 18.6. The Labute approximate surface area is 150 Å². The fraction of sp³-hybridized carbons (Fsp3) is 1.00. The summed E-state index contributed by atoms with van der Waals surface area (Å²) in [7, 11) is 0. The SMILES string of the molecule is CC1(C)[C@@H](O)C[C@@H]2[C@@](C)(O)[C@@H]3CC[C@@H]4C[C@@]3(C[C@@H](O)[C@@]21O)C[C@@]4(C)O. The number of rotatable bonds is 0. The average molecular weight is 354 g/mol. The molecule has 4 aliphatic carbocycles. The van der Waals surface area contributed by atoms with Crippen LogP contribution >= 0.6 is 0 Å². The predicted molar refractivity (Wildman–Crippen MR) is 92.6 cm³/mol. The van der Waals surface area contributed by atoms with Crippen molar-refractivity contribution in [1.29, 1.82) is 0 Å². The van der Waals surface area contributed by atoms with Crippen molar-refractivity contribution >= 4 is 0 Å². The average Bonchev–Trinajstić information content (AvgIpc) is 2.77. The Morgan fingerprint density at radius 3 is 2.08 bits per heavy atom. The minimum atomic E-state index is -1.54. The first-order valence-corrected chi connectivity index (χ1v) is 9.82. The van der Waals surface area contributed by atoms with E-state index in [1.165, 1.54) is 0 Å². The number of fused-ring (bicyclic) bond motifs is 2. The molecule has 0 aromatic carbocycles. The van der Waals surface area contributed by atoms with Crippen LogP contribution in [0.3, 0.4) is 0 Å². The zero-order valence-electron chi connectivity index (χ0n) is 15.9. The Bertz CT molecular complexity index is 585. The van der Waals surface area contributed by atoms with E-state index in [-0.39, 0.29) is 17.3 Å². The van der Waals surface area contributed by atoms with Crippen molar-refractivity contribution in [3.63, 3.8) is 0 Å². The smallest absolute Gasteiger partial charge is 0.104 e. The summed E-state index contributed by atoms with van der Waals surface area (Å²) in [6, 6.07) is 0. The van der Waals surface area contributed by atoms with E-state index >= 15 is 0 Å². The lowest BCUT2D eigenvalue weighted by Gasteiger charge is -2.49. The van der Waals surface area contributed by atoms with Crippen LogP contribution < -0.4 is 0 Å². The quantitative estimate of drug-likeness (QED) is 0.450. The van der Waals surface area contributed by atoms with Gasteiger partial charge < -0.3 is 25.5 Å². The minimum Gasteiger partial charge on any atom is -0.392 e.